The number of carbonyl (C=O) groups excluding carboxylic acids is 2. The quantitative estimate of drug-likeness (QED) is 0.729. The van der Waals surface area contributed by atoms with Crippen molar-refractivity contribution < 1.29 is 14.0 Å². The Morgan fingerprint density at radius 1 is 1.22 bits per heavy atom. The average molecular weight is 387 g/mol. The van der Waals surface area contributed by atoms with E-state index in [2.05, 4.69) is 16.0 Å². The summed E-state index contributed by atoms with van der Waals surface area (Å²) < 4.78 is 13.6. The van der Waals surface area contributed by atoms with E-state index in [0.29, 0.717) is 5.69 Å². The lowest BCUT2D eigenvalue weighted by Gasteiger charge is -2.27. The molecule has 1 aliphatic rings. The second-order valence-corrected chi connectivity index (χ2v) is 7.65. The fraction of sp³-hybridized carbons (Fsp3) is 0.300. The van der Waals surface area contributed by atoms with E-state index >= 15 is 0 Å². The molecule has 2 aromatic rings. The van der Waals surface area contributed by atoms with Gasteiger partial charge in [0, 0.05) is 23.3 Å². The molecule has 27 heavy (non-hydrogen) atoms. The molecule has 1 aliphatic heterocycles. The molecule has 7 heteroatoms. The lowest BCUT2D eigenvalue weighted by atomic mass is 10.0. The molecule has 0 aromatic heterocycles. The van der Waals surface area contributed by atoms with E-state index in [4.69, 9.17) is 0 Å². The standard InChI is InChI=1S/C20H22FN3O2S/c1-12(14-4-3-5-16(10-14)23-13(2)25)22-20(26)24-18-8-9-27-19-7-6-15(21)11-17(18)19/h3-7,10-12,18H,8-9H2,1-2H3,(H,23,25)(H2,22,24,26)/t12-,18+/m1/s1. The third-order valence-electron chi connectivity index (χ3n) is 4.37. The summed E-state index contributed by atoms with van der Waals surface area (Å²) in [5.74, 6) is 0.427. The Labute approximate surface area is 162 Å². The smallest absolute Gasteiger partial charge is 0.315 e. The first-order valence-corrected chi connectivity index (χ1v) is 9.78. The average Bonchev–Trinajstić information content (AvgIpc) is 2.62. The van der Waals surface area contributed by atoms with Crippen molar-refractivity contribution in [2.24, 2.45) is 0 Å². The van der Waals surface area contributed by atoms with E-state index in [-0.39, 0.29) is 29.8 Å². The van der Waals surface area contributed by atoms with Gasteiger partial charge in [0.05, 0.1) is 12.1 Å². The number of anilines is 1. The lowest BCUT2D eigenvalue weighted by Crippen LogP contribution is -2.40. The Bertz CT molecular complexity index is 859. The predicted octanol–water partition coefficient (Wildman–Crippen LogP) is 4.38. The molecule has 3 rings (SSSR count). The lowest BCUT2D eigenvalue weighted by molar-refractivity contribution is -0.114. The molecule has 0 saturated carbocycles. The largest absolute Gasteiger partial charge is 0.332 e. The number of halogens is 1. The topological polar surface area (TPSA) is 70.2 Å². The van der Waals surface area contributed by atoms with Gasteiger partial charge in [0.15, 0.2) is 0 Å². The number of nitrogens with one attached hydrogen (secondary N) is 3. The van der Waals surface area contributed by atoms with Gasteiger partial charge in [-0.3, -0.25) is 4.79 Å². The zero-order valence-electron chi connectivity index (χ0n) is 15.2. The van der Waals surface area contributed by atoms with Gasteiger partial charge >= 0.3 is 6.03 Å². The maximum atomic E-state index is 13.6. The number of thioether (sulfide) groups is 1. The number of carbonyl (C=O) groups is 2. The Kier molecular flexibility index (Phi) is 6.01. The summed E-state index contributed by atoms with van der Waals surface area (Å²) in [4.78, 5) is 24.7. The molecule has 3 N–H and O–H groups in total. The van der Waals surface area contributed by atoms with Gasteiger partial charge in [-0.1, -0.05) is 12.1 Å². The molecule has 0 aliphatic carbocycles. The van der Waals surface area contributed by atoms with Crippen LogP contribution >= 0.6 is 11.8 Å². The number of hydrogen-bond acceptors (Lipinski definition) is 3. The van der Waals surface area contributed by atoms with Gasteiger partial charge in [-0.2, -0.15) is 0 Å². The number of hydrogen-bond donors (Lipinski definition) is 3. The SMILES string of the molecule is CC(=O)Nc1cccc([C@@H](C)NC(=O)N[C@H]2CCSc3ccc(F)cc32)c1. The van der Waals surface area contributed by atoms with Crippen molar-refractivity contribution in [1.29, 1.82) is 0 Å². The van der Waals surface area contributed by atoms with Gasteiger partial charge < -0.3 is 16.0 Å². The molecule has 0 radical (unpaired) electrons. The molecule has 2 aromatic carbocycles. The van der Waals surface area contributed by atoms with Gasteiger partial charge in [-0.15, -0.1) is 11.8 Å². The maximum absolute atomic E-state index is 13.6. The van der Waals surface area contributed by atoms with Crippen LogP contribution in [-0.4, -0.2) is 17.7 Å². The van der Waals surface area contributed by atoms with Crippen molar-refractivity contribution in [2.75, 3.05) is 11.1 Å². The number of amides is 3. The number of fused-ring (bicyclic) bond motifs is 1. The van der Waals surface area contributed by atoms with Crippen LogP contribution in [0.1, 0.15) is 43.5 Å². The normalized spacial score (nSPS) is 16.8. The minimum absolute atomic E-state index is 0.147. The molecule has 0 fully saturated rings. The molecule has 0 bridgehead atoms. The van der Waals surface area contributed by atoms with E-state index in [1.807, 2.05) is 25.1 Å². The van der Waals surface area contributed by atoms with Gasteiger partial charge in [0.25, 0.3) is 0 Å². The Morgan fingerprint density at radius 3 is 2.81 bits per heavy atom. The highest BCUT2D eigenvalue weighted by Crippen LogP contribution is 2.36. The summed E-state index contributed by atoms with van der Waals surface area (Å²) in [6.07, 6.45) is 0.751. The highest BCUT2D eigenvalue weighted by Gasteiger charge is 2.23. The van der Waals surface area contributed by atoms with E-state index < -0.39 is 0 Å². The van der Waals surface area contributed by atoms with Crippen LogP contribution < -0.4 is 16.0 Å². The first kappa shape index (κ1) is 19.2. The molecule has 1 heterocycles. The highest BCUT2D eigenvalue weighted by atomic mass is 32.2. The molecule has 0 unspecified atom stereocenters. The molecule has 2 atom stereocenters. The summed E-state index contributed by atoms with van der Waals surface area (Å²) in [5, 5.41) is 8.59. The van der Waals surface area contributed by atoms with Crippen LogP contribution in [0.15, 0.2) is 47.4 Å². The van der Waals surface area contributed by atoms with Gasteiger partial charge in [0.1, 0.15) is 5.82 Å². The van der Waals surface area contributed by atoms with Crippen molar-refractivity contribution in [3.63, 3.8) is 0 Å². The van der Waals surface area contributed by atoms with E-state index in [0.717, 1.165) is 28.2 Å². The second kappa shape index (κ2) is 8.43. The van der Waals surface area contributed by atoms with Gasteiger partial charge in [0.2, 0.25) is 5.91 Å². The zero-order chi connectivity index (χ0) is 19.4. The monoisotopic (exact) mass is 387 g/mol. The molecule has 5 nitrogen and oxygen atoms in total. The molecule has 0 spiro atoms. The van der Waals surface area contributed by atoms with Crippen LogP contribution in [0.5, 0.6) is 0 Å². The Balaban J connectivity index is 1.65. The summed E-state index contributed by atoms with van der Waals surface area (Å²) >= 11 is 1.67. The molecule has 142 valence electrons. The van der Waals surface area contributed by atoms with Crippen LogP contribution in [0.4, 0.5) is 14.9 Å². The number of urea groups is 1. The summed E-state index contributed by atoms with van der Waals surface area (Å²) in [5.41, 5.74) is 2.38. The third kappa shape index (κ3) is 5.01. The molecule has 0 saturated heterocycles. The number of benzene rings is 2. The third-order valence-corrected chi connectivity index (χ3v) is 5.49. The van der Waals surface area contributed by atoms with E-state index in [9.17, 15) is 14.0 Å². The zero-order valence-corrected chi connectivity index (χ0v) is 16.0. The molecular formula is C20H22FN3O2S. The fourth-order valence-corrected chi connectivity index (χ4v) is 4.19. The minimum Gasteiger partial charge on any atom is -0.332 e. The molecular weight excluding hydrogens is 365 g/mol. The van der Waals surface area contributed by atoms with E-state index in [1.165, 1.54) is 19.1 Å². The Morgan fingerprint density at radius 2 is 2.04 bits per heavy atom. The van der Waals surface area contributed by atoms with Crippen LogP contribution in [0.3, 0.4) is 0 Å². The Hall–Kier alpha value is -2.54. The van der Waals surface area contributed by atoms with Gasteiger partial charge in [-0.05, 0) is 54.8 Å². The van der Waals surface area contributed by atoms with Crippen molar-refractivity contribution in [3.05, 3.63) is 59.4 Å². The summed E-state index contributed by atoms with van der Waals surface area (Å²) in [6, 6.07) is 11.3. The van der Waals surface area contributed by atoms with Crippen molar-refractivity contribution in [3.8, 4) is 0 Å². The molecule has 3 amide bonds. The first-order valence-electron chi connectivity index (χ1n) is 8.79. The maximum Gasteiger partial charge on any atom is 0.315 e. The fourth-order valence-electron chi connectivity index (χ4n) is 3.08. The van der Waals surface area contributed by atoms with Crippen molar-refractivity contribution in [1.82, 2.24) is 10.6 Å². The van der Waals surface area contributed by atoms with E-state index in [1.54, 1.807) is 23.9 Å². The number of rotatable bonds is 4. The van der Waals surface area contributed by atoms with Crippen molar-refractivity contribution >= 4 is 29.4 Å². The highest BCUT2D eigenvalue weighted by molar-refractivity contribution is 7.99. The second-order valence-electron chi connectivity index (χ2n) is 6.52. The minimum atomic E-state index is -0.306. The summed E-state index contributed by atoms with van der Waals surface area (Å²) in [6.45, 7) is 3.32. The van der Waals surface area contributed by atoms with Gasteiger partial charge in [-0.25, -0.2) is 9.18 Å². The first-order chi connectivity index (χ1) is 12.9. The van der Waals surface area contributed by atoms with Crippen molar-refractivity contribution in [2.45, 2.75) is 37.2 Å². The van der Waals surface area contributed by atoms with Crippen LogP contribution in [0.25, 0.3) is 0 Å². The van der Waals surface area contributed by atoms with Crippen LogP contribution in [-0.2, 0) is 4.79 Å². The van der Waals surface area contributed by atoms with Crippen LogP contribution in [0, 0.1) is 5.82 Å². The van der Waals surface area contributed by atoms with Crippen LogP contribution in [0.2, 0.25) is 0 Å². The summed E-state index contributed by atoms with van der Waals surface area (Å²) in [7, 11) is 0. The predicted molar refractivity (Wildman–Crippen MR) is 105 cm³/mol.